The maximum atomic E-state index is 12.1. The Labute approximate surface area is 216 Å². The van der Waals surface area contributed by atoms with Gasteiger partial charge in [-0.1, -0.05) is 18.2 Å². The van der Waals surface area contributed by atoms with Crippen molar-refractivity contribution in [2.75, 3.05) is 25.6 Å². The molecule has 0 N–H and O–H groups in total. The van der Waals surface area contributed by atoms with Crippen molar-refractivity contribution in [1.82, 2.24) is 24.1 Å². The number of aryl methyl sites for hydroxylation is 1. The number of hydrogen-bond donors (Lipinski definition) is 0. The summed E-state index contributed by atoms with van der Waals surface area (Å²) in [4.78, 5) is 9.43. The molecule has 1 aliphatic heterocycles. The maximum Gasteiger partial charge on any atom is 0.211 e. The van der Waals surface area contributed by atoms with Crippen molar-refractivity contribution >= 4 is 19.9 Å². The third-order valence-corrected chi connectivity index (χ3v) is 8.88. The van der Waals surface area contributed by atoms with Crippen LogP contribution in [0.1, 0.15) is 18.2 Å². The summed E-state index contributed by atoms with van der Waals surface area (Å²) in [5, 5.41) is 4.88. The fourth-order valence-electron chi connectivity index (χ4n) is 4.51. The van der Waals surface area contributed by atoms with Crippen LogP contribution in [0.4, 0.5) is 0 Å². The van der Waals surface area contributed by atoms with E-state index in [0.717, 1.165) is 28.1 Å². The van der Waals surface area contributed by atoms with Gasteiger partial charge in [0.25, 0.3) is 0 Å². The SMILES string of the molecule is Cc1cccc(-c2nn(C3CCN(S(C)(=O)=O)C3)cc2-c2ccnc(-c3ccc(S(C)(=O)=O)cc3)c2)n1. The molecule has 1 aromatic carbocycles. The molecule has 1 saturated heterocycles. The van der Waals surface area contributed by atoms with Gasteiger partial charge in [-0.2, -0.15) is 9.40 Å². The van der Waals surface area contributed by atoms with Crippen LogP contribution in [0.2, 0.25) is 0 Å². The third-order valence-electron chi connectivity index (χ3n) is 6.48. The Hall–Kier alpha value is -3.41. The molecule has 3 aromatic heterocycles. The summed E-state index contributed by atoms with van der Waals surface area (Å²) in [6, 6.07) is 16.2. The van der Waals surface area contributed by atoms with Crippen LogP contribution in [-0.4, -0.2) is 66.5 Å². The molecule has 1 fully saturated rings. The van der Waals surface area contributed by atoms with Crippen LogP contribution in [0, 0.1) is 6.92 Å². The number of rotatable bonds is 6. The maximum absolute atomic E-state index is 12.1. The lowest BCUT2D eigenvalue weighted by Crippen LogP contribution is -2.28. The van der Waals surface area contributed by atoms with E-state index in [-0.39, 0.29) is 10.9 Å². The van der Waals surface area contributed by atoms with E-state index in [1.165, 1.54) is 16.8 Å². The predicted molar refractivity (Wildman–Crippen MR) is 142 cm³/mol. The third kappa shape index (κ3) is 5.34. The first-order valence-electron chi connectivity index (χ1n) is 11.7. The van der Waals surface area contributed by atoms with Gasteiger partial charge >= 0.3 is 0 Å². The summed E-state index contributed by atoms with van der Waals surface area (Å²) >= 11 is 0. The molecule has 1 atom stereocenters. The minimum atomic E-state index is -3.29. The summed E-state index contributed by atoms with van der Waals surface area (Å²) in [7, 11) is -6.56. The zero-order chi connectivity index (χ0) is 26.4. The van der Waals surface area contributed by atoms with Gasteiger partial charge in [-0.3, -0.25) is 14.6 Å². The highest BCUT2D eigenvalue weighted by atomic mass is 32.2. The van der Waals surface area contributed by atoms with Gasteiger partial charge in [-0.05, 0) is 55.3 Å². The van der Waals surface area contributed by atoms with Crippen LogP contribution in [0.3, 0.4) is 0 Å². The van der Waals surface area contributed by atoms with E-state index in [4.69, 9.17) is 5.10 Å². The molecular weight excluding hydrogens is 510 g/mol. The van der Waals surface area contributed by atoms with E-state index in [1.807, 2.05) is 48.1 Å². The van der Waals surface area contributed by atoms with Gasteiger partial charge in [0.2, 0.25) is 10.0 Å². The number of sulfonamides is 1. The summed E-state index contributed by atoms with van der Waals surface area (Å²) in [6.45, 7) is 2.75. The Bertz CT molecular complexity index is 1680. The molecule has 0 aliphatic carbocycles. The minimum Gasteiger partial charge on any atom is -0.267 e. The lowest BCUT2D eigenvalue weighted by Gasteiger charge is -2.13. The molecule has 9 nitrogen and oxygen atoms in total. The highest BCUT2D eigenvalue weighted by Gasteiger charge is 2.31. The highest BCUT2D eigenvalue weighted by molar-refractivity contribution is 7.90. The topological polar surface area (TPSA) is 115 Å². The van der Waals surface area contributed by atoms with Crippen LogP contribution in [-0.2, 0) is 19.9 Å². The first-order valence-corrected chi connectivity index (χ1v) is 15.5. The van der Waals surface area contributed by atoms with Gasteiger partial charge in [-0.15, -0.1) is 0 Å². The standard InChI is InChI=1S/C26H27N5O4S2/c1-18-5-4-6-24(28-18)26-23(17-31(29-26)21-12-14-30(16-21)37(3,34)35)20-11-13-27-25(15-20)19-7-9-22(10-8-19)36(2,32)33/h4-11,13,15,17,21H,12,14,16H2,1-3H3. The zero-order valence-electron chi connectivity index (χ0n) is 20.7. The molecular formula is C26H27N5O4S2. The molecule has 1 unspecified atom stereocenters. The van der Waals surface area contributed by atoms with Gasteiger partial charge in [0.1, 0.15) is 5.69 Å². The number of benzene rings is 1. The van der Waals surface area contributed by atoms with Crippen molar-refractivity contribution in [2.45, 2.75) is 24.3 Å². The number of pyridine rings is 2. The Morgan fingerprint density at radius 3 is 2.32 bits per heavy atom. The second-order valence-electron chi connectivity index (χ2n) is 9.33. The second kappa shape index (κ2) is 9.47. The van der Waals surface area contributed by atoms with Crippen LogP contribution in [0.25, 0.3) is 33.8 Å². The van der Waals surface area contributed by atoms with Crippen molar-refractivity contribution in [3.63, 3.8) is 0 Å². The van der Waals surface area contributed by atoms with Crippen LogP contribution in [0.5, 0.6) is 0 Å². The molecule has 0 spiro atoms. The van der Waals surface area contributed by atoms with Crippen LogP contribution in [0.15, 0.2) is 71.9 Å². The second-order valence-corrected chi connectivity index (χ2v) is 13.3. The van der Waals surface area contributed by atoms with E-state index in [0.29, 0.717) is 30.9 Å². The monoisotopic (exact) mass is 537 g/mol. The van der Waals surface area contributed by atoms with Crippen LogP contribution >= 0.6 is 0 Å². The Morgan fingerprint density at radius 2 is 1.68 bits per heavy atom. The van der Waals surface area contributed by atoms with Gasteiger partial charge in [0.05, 0.1) is 28.6 Å². The summed E-state index contributed by atoms with van der Waals surface area (Å²) in [5.41, 5.74) is 5.50. The van der Waals surface area contributed by atoms with E-state index in [2.05, 4.69) is 9.97 Å². The number of hydrogen-bond acceptors (Lipinski definition) is 7. The first-order chi connectivity index (χ1) is 17.5. The highest BCUT2D eigenvalue weighted by Crippen LogP contribution is 2.34. The lowest BCUT2D eigenvalue weighted by molar-refractivity contribution is 0.438. The molecule has 37 heavy (non-hydrogen) atoms. The fraction of sp³-hybridized carbons (Fsp3) is 0.269. The fourth-order valence-corrected chi connectivity index (χ4v) is 6.02. The number of aromatic nitrogens is 4. The molecule has 1 aliphatic rings. The zero-order valence-corrected chi connectivity index (χ0v) is 22.4. The van der Waals surface area contributed by atoms with E-state index >= 15 is 0 Å². The van der Waals surface area contributed by atoms with Gasteiger partial charge in [0, 0.05) is 48.6 Å². The molecule has 4 aromatic rings. The Morgan fingerprint density at radius 1 is 0.919 bits per heavy atom. The summed E-state index contributed by atoms with van der Waals surface area (Å²) in [6.07, 6.45) is 6.73. The van der Waals surface area contributed by atoms with Crippen LogP contribution < -0.4 is 0 Å². The average Bonchev–Trinajstić information content (AvgIpc) is 3.52. The van der Waals surface area contributed by atoms with Crippen molar-refractivity contribution in [2.24, 2.45) is 0 Å². The van der Waals surface area contributed by atoms with Gasteiger partial charge in [-0.25, -0.2) is 16.8 Å². The Kier molecular flexibility index (Phi) is 6.47. The van der Waals surface area contributed by atoms with Crippen molar-refractivity contribution in [3.8, 4) is 33.8 Å². The molecule has 0 amide bonds. The van der Waals surface area contributed by atoms with Crippen molar-refractivity contribution < 1.29 is 16.8 Å². The summed E-state index contributed by atoms with van der Waals surface area (Å²) in [5.74, 6) is 0. The summed E-state index contributed by atoms with van der Waals surface area (Å²) < 4.78 is 51.1. The van der Waals surface area contributed by atoms with E-state index < -0.39 is 19.9 Å². The molecule has 192 valence electrons. The Balaban J connectivity index is 1.57. The average molecular weight is 538 g/mol. The quantitative estimate of drug-likeness (QED) is 0.369. The molecule has 5 rings (SSSR count). The molecule has 4 heterocycles. The van der Waals surface area contributed by atoms with E-state index in [9.17, 15) is 16.8 Å². The largest absolute Gasteiger partial charge is 0.267 e. The normalized spacial score (nSPS) is 16.8. The number of nitrogens with zero attached hydrogens (tertiary/aromatic N) is 5. The van der Waals surface area contributed by atoms with Crippen molar-refractivity contribution in [1.29, 1.82) is 0 Å². The molecule has 11 heteroatoms. The smallest absolute Gasteiger partial charge is 0.211 e. The van der Waals surface area contributed by atoms with E-state index in [1.54, 1.807) is 30.5 Å². The predicted octanol–water partition coefficient (Wildman–Crippen LogP) is 3.59. The first kappa shape index (κ1) is 25.2. The van der Waals surface area contributed by atoms with Crippen molar-refractivity contribution in [3.05, 3.63) is 72.7 Å². The van der Waals surface area contributed by atoms with Gasteiger partial charge < -0.3 is 0 Å². The molecule has 0 radical (unpaired) electrons. The lowest BCUT2D eigenvalue weighted by atomic mass is 10.0. The minimum absolute atomic E-state index is 0.0862. The number of sulfone groups is 1. The van der Waals surface area contributed by atoms with Gasteiger partial charge in [0.15, 0.2) is 9.84 Å². The molecule has 0 saturated carbocycles. The molecule has 0 bridgehead atoms.